The third kappa shape index (κ3) is 2.91. The second-order valence-corrected chi connectivity index (χ2v) is 5.87. The molecule has 0 atom stereocenters. The minimum atomic E-state index is 0.199. The molecular formula is C17H20N2O. The molecule has 0 spiro atoms. The summed E-state index contributed by atoms with van der Waals surface area (Å²) in [5, 5.41) is 8.71. The van der Waals surface area contributed by atoms with E-state index in [0.717, 1.165) is 24.9 Å². The third-order valence-electron chi connectivity index (χ3n) is 4.34. The van der Waals surface area contributed by atoms with Gasteiger partial charge in [-0.3, -0.25) is 9.69 Å². The first-order chi connectivity index (χ1) is 9.78. The zero-order valence-corrected chi connectivity index (χ0v) is 11.8. The van der Waals surface area contributed by atoms with Gasteiger partial charge in [-0.15, -0.1) is 0 Å². The first kappa shape index (κ1) is 13.3. The largest absolute Gasteiger partial charge is 0.293 e. The molecule has 104 valence electrons. The Morgan fingerprint density at radius 3 is 2.85 bits per heavy atom. The summed E-state index contributed by atoms with van der Waals surface area (Å²) in [5.74, 6) is 0.199. The van der Waals surface area contributed by atoms with E-state index in [2.05, 4.69) is 23.1 Å². The monoisotopic (exact) mass is 268 g/mol. The molecule has 0 heterocycles. The number of Topliss-reactive ketones (excluding diaryl/α,β-unsaturated/α-hetero) is 1. The van der Waals surface area contributed by atoms with E-state index >= 15 is 0 Å². The van der Waals surface area contributed by atoms with Crippen molar-refractivity contribution in [3.63, 3.8) is 0 Å². The van der Waals surface area contributed by atoms with Gasteiger partial charge in [0, 0.05) is 24.6 Å². The molecule has 1 saturated carbocycles. The molecule has 1 fully saturated rings. The zero-order valence-electron chi connectivity index (χ0n) is 11.8. The Morgan fingerprint density at radius 2 is 2.10 bits per heavy atom. The van der Waals surface area contributed by atoms with E-state index in [9.17, 15) is 4.79 Å². The highest BCUT2D eigenvalue weighted by molar-refractivity contribution is 5.98. The van der Waals surface area contributed by atoms with Crippen LogP contribution in [-0.2, 0) is 12.8 Å². The highest BCUT2D eigenvalue weighted by atomic mass is 16.1. The number of ketones is 1. The van der Waals surface area contributed by atoms with E-state index < -0.39 is 0 Å². The van der Waals surface area contributed by atoms with Crippen LogP contribution in [0.4, 0.5) is 0 Å². The van der Waals surface area contributed by atoms with E-state index in [1.807, 2.05) is 6.07 Å². The lowest BCUT2D eigenvalue weighted by Crippen LogP contribution is -2.32. The zero-order chi connectivity index (χ0) is 13.9. The fourth-order valence-corrected chi connectivity index (χ4v) is 3.05. The first-order valence-corrected chi connectivity index (χ1v) is 7.54. The summed E-state index contributed by atoms with van der Waals surface area (Å²) in [5.41, 5.74) is 3.60. The van der Waals surface area contributed by atoms with Crippen molar-refractivity contribution in [2.75, 3.05) is 13.1 Å². The van der Waals surface area contributed by atoms with Gasteiger partial charge in [0.05, 0.1) is 12.6 Å². The van der Waals surface area contributed by atoms with Crippen molar-refractivity contribution in [2.45, 2.75) is 44.6 Å². The van der Waals surface area contributed by atoms with Gasteiger partial charge in [-0.2, -0.15) is 5.26 Å². The Hall–Kier alpha value is -1.66. The molecule has 0 unspecified atom stereocenters. The summed E-state index contributed by atoms with van der Waals surface area (Å²) in [4.78, 5) is 14.6. The minimum absolute atomic E-state index is 0.199. The number of fused-ring (bicyclic) bond motifs is 1. The fraction of sp³-hybridized carbons (Fsp3) is 0.529. The number of hydrogen-bond acceptors (Lipinski definition) is 3. The highest BCUT2D eigenvalue weighted by Gasteiger charge is 2.30. The molecule has 0 aliphatic heterocycles. The summed E-state index contributed by atoms with van der Waals surface area (Å²) in [6.07, 6.45) is 6.32. The van der Waals surface area contributed by atoms with Gasteiger partial charge in [0.15, 0.2) is 5.78 Å². The molecule has 0 aromatic heterocycles. The predicted octanol–water partition coefficient (Wildman–Crippen LogP) is 2.74. The van der Waals surface area contributed by atoms with Crippen LogP contribution >= 0.6 is 0 Å². The van der Waals surface area contributed by atoms with E-state index in [4.69, 9.17) is 5.26 Å². The normalized spacial score (nSPS) is 17.0. The molecule has 0 radical (unpaired) electrons. The van der Waals surface area contributed by atoms with Crippen molar-refractivity contribution in [3.8, 4) is 6.07 Å². The molecule has 3 heteroatoms. The first-order valence-electron chi connectivity index (χ1n) is 7.54. The Labute approximate surface area is 120 Å². The SMILES string of the molecule is N#CCCN(CC(=O)c1ccc2c(c1)CCC2)C1CC1. The Kier molecular flexibility index (Phi) is 3.84. The van der Waals surface area contributed by atoms with E-state index in [1.165, 1.54) is 30.4 Å². The number of nitriles is 1. The summed E-state index contributed by atoms with van der Waals surface area (Å²) in [6.45, 7) is 1.18. The van der Waals surface area contributed by atoms with Crippen LogP contribution in [0.3, 0.4) is 0 Å². The lowest BCUT2D eigenvalue weighted by molar-refractivity contribution is 0.0926. The number of benzene rings is 1. The van der Waals surface area contributed by atoms with Crippen molar-refractivity contribution in [1.29, 1.82) is 5.26 Å². The Bertz CT molecular complexity index is 555. The van der Waals surface area contributed by atoms with Gasteiger partial charge in [0.2, 0.25) is 0 Å². The molecule has 3 rings (SSSR count). The van der Waals surface area contributed by atoms with Gasteiger partial charge in [-0.1, -0.05) is 12.1 Å². The molecule has 1 aromatic carbocycles. The summed E-state index contributed by atoms with van der Waals surface area (Å²) < 4.78 is 0. The maximum atomic E-state index is 12.4. The van der Waals surface area contributed by atoms with Crippen molar-refractivity contribution in [1.82, 2.24) is 4.90 Å². The quantitative estimate of drug-likeness (QED) is 0.745. The van der Waals surface area contributed by atoms with Crippen LogP contribution in [0.5, 0.6) is 0 Å². The van der Waals surface area contributed by atoms with Gasteiger partial charge in [-0.05, 0) is 49.3 Å². The number of carbonyl (C=O) groups excluding carboxylic acids is 1. The maximum Gasteiger partial charge on any atom is 0.176 e. The summed E-state index contributed by atoms with van der Waals surface area (Å²) >= 11 is 0. The lowest BCUT2D eigenvalue weighted by Gasteiger charge is -2.19. The molecule has 0 bridgehead atoms. The molecular weight excluding hydrogens is 248 g/mol. The second kappa shape index (κ2) is 5.76. The van der Waals surface area contributed by atoms with Crippen LogP contribution in [0.1, 0.15) is 47.2 Å². The molecule has 2 aliphatic carbocycles. The van der Waals surface area contributed by atoms with Gasteiger partial charge in [0.1, 0.15) is 0 Å². The van der Waals surface area contributed by atoms with Crippen molar-refractivity contribution in [2.24, 2.45) is 0 Å². The summed E-state index contributed by atoms with van der Waals surface area (Å²) in [7, 11) is 0. The highest BCUT2D eigenvalue weighted by Crippen LogP contribution is 2.27. The van der Waals surface area contributed by atoms with Gasteiger partial charge >= 0.3 is 0 Å². The van der Waals surface area contributed by atoms with Gasteiger partial charge in [-0.25, -0.2) is 0 Å². The Balaban J connectivity index is 1.67. The average molecular weight is 268 g/mol. The Morgan fingerprint density at radius 1 is 1.30 bits per heavy atom. The number of rotatable bonds is 6. The molecule has 0 N–H and O–H groups in total. The van der Waals surface area contributed by atoms with Crippen molar-refractivity contribution < 1.29 is 4.79 Å². The molecule has 0 amide bonds. The molecule has 3 nitrogen and oxygen atoms in total. The number of nitrogens with zero attached hydrogens (tertiary/aromatic N) is 2. The van der Waals surface area contributed by atoms with Crippen molar-refractivity contribution in [3.05, 3.63) is 34.9 Å². The van der Waals surface area contributed by atoms with Crippen LogP contribution in [0, 0.1) is 11.3 Å². The average Bonchev–Trinajstić information content (AvgIpc) is 3.20. The summed E-state index contributed by atoms with van der Waals surface area (Å²) in [6, 6.07) is 8.88. The predicted molar refractivity (Wildman–Crippen MR) is 77.6 cm³/mol. The number of carbonyl (C=O) groups is 1. The second-order valence-electron chi connectivity index (χ2n) is 5.87. The smallest absolute Gasteiger partial charge is 0.176 e. The van der Waals surface area contributed by atoms with Gasteiger partial charge < -0.3 is 0 Å². The van der Waals surface area contributed by atoms with E-state index in [0.29, 0.717) is 19.0 Å². The van der Waals surface area contributed by atoms with E-state index in [1.54, 1.807) is 0 Å². The maximum absolute atomic E-state index is 12.4. The molecule has 1 aromatic rings. The van der Waals surface area contributed by atoms with Crippen LogP contribution in [0.25, 0.3) is 0 Å². The lowest BCUT2D eigenvalue weighted by atomic mass is 10.0. The molecule has 20 heavy (non-hydrogen) atoms. The number of hydrogen-bond donors (Lipinski definition) is 0. The standard InChI is InChI=1S/C17H20N2O/c18-9-2-10-19(16-7-8-16)12-17(20)15-6-5-13-3-1-4-14(13)11-15/h5-6,11,16H,1-4,7-8,10,12H2. The van der Waals surface area contributed by atoms with Crippen LogP contribution in [-0.4, -0.2) is 29.8 Å². The molecule has 0 saturated heterocycles. The van der Waals surface area contributed by atoms with Crippen molar-refractivity contribution >= 4 is 5.78 Å². The van der Waals surface area contributed by atoms with E-state index in [-0.39, 0.29) is 5.78 Å². The van der Waals surface area contributed by atoms with Gasteiger partial charge in [0.25, 0.3) is 0 Å². The minimum Gasteiger partial charge on any atom is -0.293 e. The number of aryl methyl sites for hydroxylation is 2. The topological polar surface area (TPSA) is 44.1 Å². The van der Waals surface area contributed by atoms with Crippen LogP contribution in [0.15, 0.2) is 18.2 Å². The van der Waals surface area contributed by atoms with Crippen LogP contribution in [0.2, 0.25) is 0 Å². The van der Waals surface area contributed by atoms with Crippen LogP contribution < -0.4 is 0 Å². The fourth-order valence-electron chi connectivity index (χ4n) is 3.05. The molecule has 2 aliphatic rings. The third-order valence-corrected chi connectivity index (χ3v) is 4.34.